The zero-order chi connectivity index (χ0) is 12.5. The van der Waals surface area contributed by atoms with E-state index >= 15 is 0 Å². The van der Waals surface area contributed by atoms with E-state index in [4.69, 9.17) is 10.00 Å². The van der Waals surface area contributed by atoms with E-state index in [9.17, 15) is 0 Å². The quantitative estimate of drug-likeness (QED) is 0.729. The Balaban J connectivity index is 2.20. The van der Waals surface area contributed by atoms with Gasteiger partial charge in [-0.05, 0) is 12.3 Å². The first-order valence-electron chi connectivity index (χ1n) is 5.75. The van der Waals surface area contributed by atoms with E-state index < -0.39 is 0 Å². The van der Waals surface area contributed by atoms with Crippen LogP contribution in [0.1, 0.15) is 25.8 Å². The first-order valence-corrected chi connectivity index (χ1v) is 5.75. The average molecular weight is 234 g/mol. The van der Waals surface area contributed by atoms with Crippen LogP contribution in [0.3, 0.4) is 0 Å². The normalized spacial score (nSPS) is 10.2. The molecule has 0 bridgehead atoms. The van der Waals surface area contributed by atoms with E-state index in [-0.39, 0.29) is 0 Å². The zero-order valence-electron chi connectivity index (χ0n) is 10.3. The number of nitriles is 1. The highest BCUT2D eigenvalue weighted by molar-refractivity contribution is 5.49. The molecule has 0 amide bonds. The second kappa shape index (κ2) is 7.58. The molecule has 0 spiro atoms. The maximum atomic E-state index is 8.82. The maximum Gasteiger partial charge on any atom is 0.147 e. The Bertz CT molecular complexity index is 373. The Hall–Kier alpha value is -1.67. The highest BCUT2D eigenvalue weighted by Crippen LogP contribution is 2.07. The summed E-state index contributed by atoms with van der Waals surface area (Å²) in [6.45, 7) is 6.36. The van der Waals surface area contributed by atoms with Gasteiger partial charge in [-0.3, -0.25) is 0 Å². The molecule has 1 N–H and O–H groups in total. The predicted octanol–water partition coefficient (Wildman–Crippen LogP) is 1.82. The SMILES string of the molecule is CC(C)CCOCCNc1ncncc1C#N. The summed E-state index contributed by atoms with van der Waals surface area (Å²) in [6, 6.07) is 2.03. The van der Waals surface area contributed by atoms with Gasteiger partial charge < -0.3 is 10.1 Å². The van der Waals surface area contributed by atoms with Crippen molar-refractivity contribution in [3.63, 3.8) is 0 Å². The van der Waals surface area contributed by atoms with Crippen LogP contribution in [0, 0.1) is 17.2 Å². The van der Waals surface area contributed by atoms with Gasteiger partial charge in [0.15, 0.2) is 0 Å². The molecule has 0 aromatic carbocycles. The Morgan fingerprint density at radius 2 is 2.29 bits per heavy atom. The minimum absolute atomic E-state index is 0.453. The summed E-state index contributed by atoms with van der Waals surface area (Å²) < 4.78 is 5.45. The van der Waals surface area contributed by atoms with Crippen LogP contribution < -0.4 is 5.32 Å². The number of anilines is 1. The zero-order valence-corrected chi connectivity index (χ0v) is 10.3. The van der Waals surface area contributed by atoms with Crippen molar-refractivity contribution in [2.75, 3.05) is 25.1 Å². The molecule has 17 heavy (non-hydrogen) atoms. The standard InChI is InChI=1S/C12H18N4O/c1-10(2)3-5-17-6-4-15-12-11(7-13)8-14-9-16-12/h8-10H,3-6H2,1-2H3,(H,14,15,16). The molecule has 1 aromatic heterocycles. The molecule has 92 valence electrons. The molecule has 0 aliphatic carbocycles. The molecule has 0 atom stereocenters. The summed E-state index contributed by atoms with van der Waals surface area (Å²) in [7, 11) is 0. The highest BCUT2D eigenvalue weighted by Gasteiger charge is 2.01. The average Bonchev–Trinajstić information content (AvgIpc) is 2.33. The molecule has 5 nitrogen and oxygen atoms in total. The van der Waals surface area contributed by atoms with Crippen molar-refractivity contribution in [2.24, 2.45) is 5.92 Å². The monoisotopic (exact) mass is 234 g/mol. The van der Waals surface area contributed by atoms with Gasteiger partial charge in [0.25, 0.3) is 0 Å². The van der Waals surface area contributed by atoms with Crippen molar-refractivity contribution in [3.8, 4) is 6.07 Å². The van der Waals surface area contributed by atoms with Crippen molar-refractivity contribution >= 4 is 5.82 Å². The third kappa shape index (κ3) is 5.27. The first kappa shape index (κ1) is 13.4. The van der Waals surface area contributed by atoms with Gasteiger partial charge >= 0.3 is 0 Å². The van der Waals surface area contributed by atoms with Crippen LogP contribution in [0.4, 0.5) is 5.82 Å². The van der Waals surface area contributed by atoms with Gasteiger partial charge in [0, 0.05) is 13.2 Å². The van der Waals surface area contributed by atoms with E-state index in [0.717, 1.165) is 13.0 Å². The van der Waals surface area contributed by atoms with Crippen LogP contribution in [0.25, 0.3) is 0 Å². The van der Waals surface area contributed by atoms with Crippen LogP contribution in [0.15, 0.2) is 12.5 Å². The van der Waals surface area contributed by atoms with Gasteiger partial charge in [-0.1, -0.05) is 13.8 Å². The Morgan fingerprint density at radius 1 is 1.47 bits per heavy atom. The maximum absolute atomic E-state index is 8.82. The van der Waals surface area contributed by atoms with Gasteiger partial charge in [0.05, 0.1) is 12.8 Å². The van der Waals surface area contributed by atoms with Gasteiger partial charge in [-0.25, -0.2) is 9.97 Å². The number of aromatic nitrogens is 2. The fourth-order valence-corrected chi connectivity index (χ4v) is 1.22. The van der Waals surface area contributed by atoms with Gasteiger partial charge in [-0.2, -0.15) is 5.26 Å². The summed E-state index contributed by atoms with van der Waals surface area (Å²) in [5.41, 5.74) is 0.453. The smallest absolute Gasteiger partial charge is 0.147 e. The number of hydrogen-bond acceptors (Lipinski definition) is 5. The van der Waals surface area contributed by atoms with Crippen molar-refractivity contribution in [1.82, 2.24) is 9.97 Å². The summed E-state index contributed by atoms with van der Waals surface area (Å²) in [6.07, 6.45) is 3.98. The molecule has 1 aromatic rings. The molecule has 0 aliphatic heterocycles. The third-order valence-electron chi connectivity index (χ3n) is 2.21. The van der Waals surface area contributed by atoms with Gasteiger partial charge in [-0.15, -0.1) is 0 Å². The minimum atomic E-state index is 0.453. The second-order valence-electron chi connectivity index (χ2n) is 4.12. The Kier molecular flexibility index (Phi) is 5.97. The van der Waals surface area contributed by atoms with E-state index in [1.54, 1.807) is 0 Å². The Morgan fingerprint density at radius 3 is 3.00 bits per heavy atom. The Labute approximate surface area is 102 Å². The van der Waals surface area contributed by atoms with Crippen LogP contribution in [0.5, 0.6) is 0 Å². The van der Waals surface area contributed by atoms with Gasteiger partial charge in [0.1, 0.15) is 23.8 Å². The fourth-order valence-electron chi connectivity index (χ4n) is 1.22. The lowest BCUT2D eigenvalue weighted by Gasteiger charge is -2.08. The molecule has 0 aliphatic rings. The number of hydrogen-bond donors (Lipinski definition) is 1. The highest BCUT2D eigenvalue weighted by atomic mass is 16.5. The molecule has 0 radical (unpaired) electrons. The van der Waals surface area contributed by atoms with E-state index in [1.807, 2.05) is 6.07 Å². The van der Waals surface area contributed by atoms with E-state index in [0.29, 0.717) is 30.5 Å². The van der Waals surface area contributed by atoms with Crippen molar-refractivity contribution in [1.29, 1.82) is 5.26 Å². The lowest BCUT2D eigenvalue weighted by Crippen LogP contribution is -2.12. The number of nitrogens with one attached hydrogen (secondary N) is 1. The number of rotatable bonds is 7. The van der Waals surface area contributed by atoms with Crippen molar-refractivity contribution in [3.05, 3.63) is 18.1 Å². The van der Waals surface area contributed by atoms with Crippen molar-refractivity contribution in [2.45, 2.75) is 20.3 Å². The van der Waals surface area contributed by atoms with Crippen LogP contribution >= 0.6 is 0 Å². The minimum Gasteiger partial charge on any atom is -0.380 e. The summed E-state index contributed by atoms with van der Waals surface area (Å²) >= 11 is 0. The summed E-state index contributed by atoms with van der Waals surface area (Å²) in [5.74, 6) is 1.23. The second-order valence-corrected chi connectivity index (χ2v) is 4.12. The lowest BCUT2D eigenvalue weighted by atomic mass is 10.1. The van der Waals surface area contributed by atoms with Crippen LogP contribution in [-0.2, 0) is 4.74 Å². The van der Waals surface area contributed by atoms with Crippen LogP contribution in [0.2, 0.25) is 0 Å². The topological polar surface area (TPSA) is 70.8 Å². The fraction of sp³-hybridized carbons (Fsp3) is 0.583. The summed E-state index contributed by atoms with van der Waals surface area (Å²) in [5, 5.41) is 11.9. The molecule has 0 fully saturated rings. The molecule has 0 saturated carbocycles. The predicted molar refractivity (Wildman–Crippen MR) is 65.5 cm³/mol. The largest absolute Gasteiger partial charge is 0.380 e. The third-order valence-corrected chi connectivity index (χ3v) is 2.21. The molecular weight excluding hydrogens is 216 g/mol. The molecule has 0 unspecified atom stereocenters. The number of nitrogens with zero attached hydrogens (tertiary/aromatic N) is 3. The molecular formula is C12H18N4O. The molecule has 0 saturated heterocycles. The molecule has 1 heterocycles. The van der Waals surface area contributed by atoms with Gasteiger partial charge in [0.2, 0.25) is 0 Å². The molecule has 1 rings (SSSR count). The number of ether oxygens (including phenoxy) is 1. The van der Waals surface area contributed by atoms with Crippen LogP contribution in [-0.4, -0.2) is 29.7 Å². The van der Waals surface area contributed by atoms with E-state index in [1.165, 1.54) is 12.5 Å². The summed E-state index contributed by atoms with van der Waals surface area (Å²) in [4.78, 5) is 7.78. The van der Waals surface area contributed by atoms with Crippen molar-refractivity contribution < 1.29 is 4.74 Å². The lowest BCUT2D eigenvalue weighted by molar-refractivity contribution is 0.132. The molecule has 5 heteroatoms. The van der Waals surface area contributed by atoms with E-state index in [2.05, 4.69) is 29.1 Å². The first-order chi connectivity index (χ1) is 8.24.